The van der Waals surface area contributed by atoms with Gasteiger partial charge in [-0.15, -0.1) is 16.4 Å². The minimum absolute atomic E-state index is 0.247. The van der Waals surface area contributed by atoms with E-state index in [-0.39, 0.29) is 5.91 Å². The zero-order valence-electron chi connectivity index (χ0n) is 18.1. The Balaban J connectivity index is 1.64. The van der Waals surface area contributed by atoms with Crippen molar-refractivity contribution in [2.75, 3.05) is 17.2 Å². The van der Waals surface area contributed by atoms with Gasteiger partial charge in [0.2, 0.25) is 5.95 Å². The summed E-state index contributed by atoms with van der Waals surface area (Å²) in [5.74, 6) is 1.63. The number of carbonyl (C=O) groups excluding carboxylic acids is 1. The largest absolute Gasteiger partial charge is 0.494 e. The van der Waals surface area contributed by atoms with Crippen LogP contribution < -0.4 is 15.4 Å². The first-order chi connectivity index (χ1) is 16.2. The molecule has 3 aromatic heterocycles. The van der Waals surface area contributed by atoms with E-state index in [1.807, 2.05) is 55.6 Å². The Hall–Kier alpha value is -3.98. The summed E-state index contributed by atoms with van der Waals surface area (Å²) in [7, 11) is 0. The van der Waals surface area contributed by atoms with Crippen LogP contribution in [0.1, 0.15) is 25.5 Å². The van der Waals surface area contributed by atoms with Crippen molar-refractivity contribution in [1.82, 2.24) is 19.7 Å². The number of amides is 1. The summed E-state index contributed by atoms with van der Waals surface area (Å²) in [6.07, 6.45) is 3.28. The fraction of sp³-hybridized carbons (Fsp3) is 0.167. The molecule has 1 amide bonds. The lowest BCUT2D eigenvalue weighted by atomic mass is 9.94. The first-order valence-electron chi connectivity index (χ1n) is 10.6. The van der Waals surface area contributed by atoms with Gasteiger partial charge in [-0.3, -0.25) is 9.78 Å². The lowest BCUT2D eigenvalue weighted by molar-refractivity contribution is -0.113. The average molecular weight is 459 g/mol. The Morgan fingerprint density at radius 2 is 2.09 bits per heavy atom. The number of aromatic nitrogens is 4. The summed E-state index contributed by atoms with van der Waals surface area (Å²) in [4.78, 5) is 23.3. The lowest BCUT2D eigenvalue weighted by Crippen LogP contribution is -2.31. The van der Waals surface area contributed by atoms with Gasteiger partial charge in [-0.1, -0.05) is 24.3 Å². The summed E-state index contributed by atoms with van der Waals surface area (Å²) in [6, 6.07) is 14.7. The number of hydrogen-bond acceptors (Lipinski definition) is 7. The van der Waals surface area contributed by atoms with Crippen LogP contribution >= 0.6 is 11.3 Å². The Labute approximate surface area is 195 Å². The predicted molar refractivity (Wildman–Crippen MR) is 128 cm³/mol. The number of hydrogen-bond donors (Lipinski definition) is 2. The first-order valence-corrected chi connectivity index (χ1v) is 11.4. The molecular formula is C24H22N6O2S. The fourth-order valence-electron chi connectivity index (χ4n) is 3.87. The molecule has 0 bridgehead atoms. The van der Waals surface area contributed by atoms with E-state index < -0.39 is 6.04 Å². The van der Waals surface area contributed by atoms with Crippen molar-refractivity contribution in [1.29, 1.82) is 0 Å². The second-order valence-electron chi connectivity index (χ2n) is 7.41. The highest BCUT2D eigenvalue weighted by molar-refractivity contribution is 7.13. The highest BCUT2D eigenvalue weighted by atomic mass is 32.1. The number of fused-ring (bicyclic) bond motifs is 1. The van der Waals surface area contributed by atoms with Crippen molar-refractivity contribution >= 4 is 28.9 Å². The van der Waals surface area contributed by atoms with Crippen LogP contribution in [0.2, 0.25) is 0 Å². The molecule has 9 heteroatoms. The van der Waals surface area contributed by atoms with Gasteiger partial charge in [0.25, 0.3) is 5.91 Å². The van der Waals surface area contributed by atoms with E-state index in [2.05, 4.69) is 15.6 Å². The van der Waals surface area contributed by atoms with Crippen LogP contribution in [0.5, 0.6) is 5.75 Å². The van der Waals surface area contributed by atoms with Crippen LogP contribution in [0.3, 0.4) is 0 Å². The number of para-hydroxylation sites is 1. The molecule has 1 atom stereocenters. The Morgan fingerprint density at radius 3 is 2.85 bits per heavy atom. The molecular weight excluding hydrogens is 436 g/mol. The fourth-order valence-corrected chi connectivity index (χ4v) is 4.52. The molecule has 1 aliphatic rings. The summed E-state index contributed by atoms with van der Waals surface area (Å²) >= 11 is 1.57. The number of pyridine rings is 1. The van der Waals surface area contributed by atoms with E-state index in [1.165, 1.54) is 0 Å². The number of rotatable bonds is 6. The maximum Gasteiger partial charge on any atom is 0.255 e. The number of nitrogens with one attached hydrogen (secondary N) is 2. The third-order valence-corrected chi connectivity index (χ3v) is 6.14. The monoisotopic (exact) mass is 458 g/mol. The van der Waals surface area contributed by atoms with Gasteiger partial charge < -0.3 is 15.4 Å². The van der Waals surface area contributed by atoms with Crippen molar-refractivity contribution in [2.45, 2.75) is 19.9 Å². The van der Waals surface area contributed by atoms with Gasteiger partial charge in [0.1, 0.15) is 11.8 Å². The van der Waals surface area contributed by atoms with Crippen LogP contribution in [-0.2, 0) is 4.79 Å². The Bertz CT molecular complexity index is 1310. The van der Waals surface area contributed by atoms with Crippen molar-refractivity contribution in [3.63, 3.8) is 0 Å². The SMILES string of the molecule is CCOc1ccccc1C1C(C(=O)Nc2cccnc2)=C(C)Nc2nc(-c3cccs3)nn21. The van der Waals surface area contributed by atoms with Gasteiger partial charge in [0.05, 0.1) is 28.9 Å². The molecule has 1 aliphatic heterocycles. The molecule has 1 unspecified atom stereocenters. The highest BCUT2D eigenvalue weighted by Crippen LogP contribution is 2.40. The quantitative estimate of drug-likeness (QED) is 0.434. The molecule has 0 aliphatic carbocycles. The number of ether oxygens (including phenoxy) is 1. The molecule has 0 radical (unpaired) electrons. The van der Waals surface area contributed by atoms with Gasteiger partial charge in [-0.25, -0.2) is 4.68 Å². The molecule has 4 heterocycles. The smallest absolute Gasteiger partial charge is 0.255 e. The van der Waals surface area contributed by atoms with E-state index in [4.69, 9.17) is 14.8 Å². The summed E-state index contributed by atoms with van der Waals surface area (Å²) in [5.41, 5.74) is 2.68. The third kappa shape index (κ3) is 3.98. The van der Waals surface area contributed by atoms with Crippen molar-refractivity contribution in [2.24, 2.45) is 0 Å². The van der Waals surface area contributed by atoms with Gasteiger partial charge in [0.15, 0.2) is 5.82 Å². The van der Waals surface area contributed by atoms with E-state index >= 15 is 0 Å². The predicted octanol–water partition coefficient (Wildman–Crippen LogP) is 4.73. The van der Waals surface area contributed by atoms with E-state index in [0.29, 0.717) is 41.1 Å². The standard InChI is InChI=1S/C24H22N6O2S/c1-3-32-18-10-5-4-9-17(18)21-20(23(31)27-16-8-6-12-25-14-16)15(2)26-24-28-22(29-30(21)24)19-11-7-13-33-19/h4-14,21H,3H2,1-2H3,(H,27,31)(H,26,28,29). The van der Waals surface area contributed by atoms with Gasteiger partial charge in [-0.05, 0) is 43.5 Å². The van der Waals surface area contributed by atoms with E-state index in [9.17, 15) is 4.79 Å². The second kappa shape index (κ2) is 8.87. The van der Waals surface area contributed by atoms with Gasteiger partial charge >= 0.3 is 0 Å². The molecule has 33 heavy (non-hydrogen) atoms. The van der Waals surface area contributed by atoms with E-state index in [1.54, 1.807) is 40.5 Å². The maximum atomic E-state index is 13.5. The van der Waals surface area contributed by atoms with Crippen LogP contribution in [0.15, 0.2) is 77.6 Å². The number of nitrogens with zero attached hydrogens (tertiary/aromatic N) is 4. The first kappa shape index (κ1) is 20.9. The topological polar surface area (TPSA) is 94.0 Å². The van der Waals surface area contributed by atoms with Crippen molar-refractivity contribution in [3.8, 4) is 16.5 Å². The molecule has 1 aromatic carbocycles. The summed E-state index contributed by atoms with van der Waals surface area (Å²) in [6.45, 7) is 4.32. The van der Waals surface area contributed by atoms with Crippen molar-refractivity contribution in [3.05, 3.63) is 83.1 Å². The number of benzene rings is 1. The van der Waals surface area contributed by atoms with Crippen LogP contribution in [0.4, 0.5) is 11.6 Å². The summed E-state index contributed by atoms with van der Waals surface area (Å²) in [5, 5.41) is 13.0. The molecule has 0 saturated heterocycles. The van der Waals surface area contributed by atoms with Crippen LogP contribution in [0.25, 0.3) is 10.7 Å². The molecule has 0 spiro atoms. The minimum atomic E-state index is -0.526. The van der Waals surface area contributed by atoms with Crippen LogP contribution in [-0.4, -0.2) is 32.3 Å². The molecule has 166 valence electrons. The highest BCUT2D eigenvalue weighted by Gasteiger charge is 2.36. The molecule has 5 rings (SSSR count). The van der Waals surface area contributed by atoms with Crippen LogP contribution in [0, 0.1) is 0 Å². The Morgan fingerprint density at radius 1 is 1.21 bits per heavy atom. The third-order valence-electron chi connectivity index (χ3n) is 5.27. The normalized spacial score (nSPS) is 15.0. The zero-order chi connectivity index (χ0) is 22.8. The van der Waals surface area contributed by atoms with Crippen molar-refractivity contribution < 1.29 is 9.53 Å². The molecule has 2 N–H and O–H groups in total. The summed E-state index contributed by atoms with van der Waals surface area (Å²) < 4.78 is 7.68. The lowest BCUT2D eigenvalue weighted by Gasteiger charge is -2.29. The average Bonchev–Trinajstić information content (AvgIpc) is 3.49. The number of thiophene rings is 1. The van der Waals surface area contributed by atoms with E-state index in [0.717, 1.165) is 10.4 Å². The number of allylic oxidation sites excluding steroid dienone is 1. The molecule has 0 fully saturated rings. The number of anilines is 2. The zero-order valence-corrected chi connectivity index (χ0v) is 19.0. The molecule has 0 saturated carbocycles. The number of carbonyl (C=O) groups is 1. The Kier molecular flexibility index (Phi) is 5.62. The minimum Gasteiger partial charge on any atom is -0.494 e. The maximum absolute atomic E-state index is 13.5. The van der Waals surface area contributed by atoms with Gasteiger partial charge in [-0.2, -0.15) is 4.98 Å². The second-order valence-corrected chi connectivity index (χ2v) is 8.36. The molecule has 4 aromatic rings. The molecule has 8 nitrogen and oxygen atoms in total. The van der Waals surface area contributed by atoms with Gasteiger partial charge in [0, 0.05) is 17.5 Å².